The number of carbonyl (C=O) groups is 1. The molecule has 0 saturated heterocycles. The van der Waals surface area contributed by atoms with Crippen LogP contribution < -0.4 is 0 Å². The summed E-state index contributed by atoms with van der Waals surface area (Å²) < 4.78 is 25.8. The van der Waals surface area contributed by atoms with Crippen molar-refractivity contribution in [1.82, 2.24) is 4.90 Å². The van der Waals surface area contributed by atoms with E-state index in [9.17, 15) is 13.6 Å². The first-order valence-electron chi connectivity index (χ1n) is 5.74. The summed E-state index contributed by atoms with van der Waals surface area (Å²) in [6.07, 6.45) is -0.316. The average Bonchev–Trinajstić information content (AvgIpc) is 2.23. The van der Waals surface area contributed by atoms with Crippen molar-refractivity contribution in [2.24, 2.45) is 0 Å². The first-order chi connectivity index (χ1) is 8.38. The summed E-state index contributed by atoms with van der Waals surface area (Å²) in [5, 5.41) is 9.15. The summed E-state index contributed by atoms with van der Waals surface area (Å²) in [6.45, 7) is 2.53. The third-order valence-corrected chi connectivity index (χ3v) is 2.48. The number of benzene rings is 1. The average molecular weight is 257 g/mol. The Hall–Kier alpha value is -1.33. The van der Waals surface area contributed by atoms with Crippen molar-refractivity contribution < 1.29 is 18.7 Å². The topological polar surface area (TPSA) is 40.5 Å². The van der Waals surface area contributed by atoms with Crippen molar-refractivity contribution in [1.29, 1.82) is 0 Å². The lowest BCUT2D eigenvalue weighted by Crippen LogP contribution is -2.29. The molecule has 0 aliphatic heterocycles. The third kappa shape index (κ3) is 4.89. The maximum absolute atomic E-state index is 12.9. The Balaban J connectivity index is 2.55. The maximum atomic E-state index is 12.9. The summed E-state index contributed by atoms with van der Waals surface area (Å²) in [5.41, 5.74) is 0.0398. The van der Waals surface area contributed by atoms with E-state index in [1.54, 1.807) is 18.9 Å². The van der Waals surface area contributed by atoms with Gasteiger partial charge in [-0.1, -0.05) is 0 Å². The third-order valence-electron chi connectivity index (χ3n) is 2.48. The quantitative estimate of drug-likeness (QED) is 0.791. The van der Waals surface area contributed by atoms with Crippen LogP contribution in [0.1, 0.15) is 23.7 Å². The van der Waals surface area contributed by atoms with Crippen LogP contribution in [0.15, 0.2) is 18.2 Å². The van der Waals surface area contributed by atoms with E-state index in [-0.39, 0.29) is 17.8 Å². The van der Waals surface area contributed by atoms with E-state index in [1.165, 1.54) is 0 Å². The molecule has 0 bridgehead atoms. The zero-order chi connectivity index (χ0) is 13.7. The molecular weight excluding hydrogens is 240 g/mol. The molecule has 0 heterocycles. The molecule has 1 aromatic carbocycles. The predicted molar refractivity (Wildman–Crippen MR) is 64.5 cm³/mol. The minimum Gasteiger partial charge on any atom is -0.392 e. The van der Waals surface area contributed by atoms with Gasteiger partial charge < -0.3 is 10.0 Å². The Morgan fingerprint density at radius 3 is 2.39 bits per heavy atom. The number of likely N-dealkylation sites (N-methyl/N-ethyl adjacent to an activating group) is 1. The van der Waals surface area contributed by atoms with E-state index in [4.69, 9.17) is 5.11 Å². The number of ketones is 1. The van der Waals surface area contributed by atoms with Gasteiger partial charge in [-0.25, -0.2) is 8.78 Å². The van der Waals surface area contributed by atoms with Crippen LogP contribution in [0.5, 0.6) is 0 Å². The number of aliphatic hydroxyl groups is 1. The molecule has 18 heavy (non-hydrogen) atoms. The first kappa shape index (κ1) is 14.7. The highest BCUT2D eigenvalue weighted by Gasteiger charge is 2.11. The van der Waals surface area contributed by atoms with Crippen LogP contribution in [0, 0.1) is 11.6 Å². The second kappa shape index (κ2) is 6.56. The van der Waals surface area contributed by atoms with E-state index >= 15 is 0 Å². The van der Waals surface area contributed by atoms with Gasteiger partial charge in [0.15, 0.2) is 5.78 Å². The van der Waals surface area contributed by atoms with Gasteiger partial charge >= 0.3 is 0 Å². The zero-order valence-corrected chi connectivity index (χ0v) is 10.5. The first-order valence-corrected chi connectivity index (χ1v) is 5.74. The van der Waals surface area contributed by atoms with Crippen LogP contribution in [0.3, 0.4) is 0 Å². The molecule has 5 heteroatoms. The normalized spacial score (nSPS) is 12.8. The molecule has 0 saturated carbocycles. The highest BCUT2D eigenvalue weighted by molar-refractivity contribution is 5.96. The van der Waals surface area contributed by atoms with Crippen LogP contribution >= 0.6 is 0 Å². The van der Waals surface area contributed by atoms with Crippen molar-refractivity contribution in [2.45, 2.75) is 19.4 Å². The smallest absolute Gasteiger partial charge is 0.164 e. The second-order valence-electron chi connectivity index (χ2n) is 4.44. The lowest BCUT2D eigenvalue weighted by Gasteiger charge is -2.17. The highest BCUT2D eigenvalue weighted by atomic mass is 19.1. The van der Waals surface area contributed by atoms with Crippen molar-refractivity contribution in [2.75, 3.05) is 20.1 Å². The molecule has 0 fully saturated rings. The predicted octanol–water partition coefficient (Wildman–Crippen LogP) is 1.85. The van der Waals surface area contributed by atoms with Crippen molar-refractivity contribution in [3.63, 3.8) is 0 Å². The molecule has 1 unspecified atom stereocenters. The lowest BCUT2D eigenvalue weighted by molar-refractivity contribution is 0.0947. The van der Waals surface area contributed by atoms with Gasteiger partial charge in [0.05, 0.1) is 6.10 Å². The minimum atomic E-state index is -0.754. The van der Waals surface area contributed by atoms with E-state index < -0.39 is 17.7 Å². The van der Waals surface area contributed by atoms with E-state index in [0.29, 0.717) is 13.1 Å². The summed E-state index contributed by atoms with van der Waals surface area (Å²) in [6, 6.07) is 2.79. The molecule has 1 rings (SSSR count). The van der Waals surface area contributed by atoms with Gasteiger partial charge in [-0.3, -0.25) is 4.79 Å². The number of carbonyl (C=O) groups excluding carboxylic acids is 1. The molecule has 0 aromatic heterocycles. The number of hydrogen-bond acceptors (Lipinski definition) is 3. The molecule has 1 N–H and O–H groups in total. The van der Waals surface area contributed by atoms with E-state index in [0.717, 1.165) is 18.2 Å². The summed E-state index contributed by atoms with van der Waals surface area (Å²) in [5.74, 6) is -1.82. The largest absolute Gasteiger partial charge is 0.392 e. The number of halogens is 2. The van der Waals surface area contributed by atoms with Crippen LogP contribution in [0.4, 0.5) is 8.78 Å². The molecule has 0 aliphatic rings. The molecule has 1 atom stereocenters. The van der Waals surface area contributed by atoms with Crippen molar-refractivity contribution >= 4 is 5.78 Å². The van der Waals surface area contributed by atoms with Gasteiger partial charge in [0.25, 0.3) is 0 Å². The fourth-order valence-electron chi connectivity index (χ4n) is 1.69. The molecule has 100 valence electrons. The highest BCUT2D eigenvalue weighted by Crippen LogP contribution is 2.10. The summed E-state index contributed by atoms with van der Waals surface area (Å²) >= 11 is 0. The standard InChI is InChI=1S/C13H17F2NO2/c1-9(17)8-16(2)4-3-13(18)10-5-11(14)7-12(15)6-10/h5-7,9,17H,3-4,8H2,1-2H3. The number of nitrogens with zero attached hydrogens (tertiary/aromatic N) is 1. The van der Waals surface area contributed by atoms with E-state index in [1.807, 2.05) is 0 Å². The molecule has 3 nitrogen and oxygen atoms in total. The fourth-order valence-corrected chi connectivity index (χ4v) is 1.69. The molecule has 0 spiro atoms. The Kier molecular flexibility index (Phi) is 5.37. The van der Waals surface area contributed by atoms with Gasteiger partial charge in [0.2, 0.25) is 0 Å². The maximum Gasteiger partial charge on any atom is 0.164 e. The van der Waals surface area contributed by atoms with Gasteiger partial charge in [0, 0.05) is 31.1 Å². The van der Waals surface area contributed by atoms with Crippen LogP contribution in [0.2, 0.25) is 0 Å². The molecule has 0 aliphatic carbocycles. The fraction of sp³-hybridized carbons (Fsp3) is 0.462. The minimum absolute atomic E-state index is 0.0398. The number of rotatable bonds is 6. The second-order valence-corrected chi connectivity index (χ2v) is 4.44. The van der Waals surface area contributed by atoms with E-state index in [2.05, 4.69) is 0 Å². The van der Waals surface area contributed by atoms with Crippen LogP contribution in [0.25, 0.3) is 0 Å². The number of aliphatic hydroxyl groups excluding tert-OH is 1. The molecular formula is C13H17F2NO2. The van der Waals surface area contributed by atoms with Gasteiger partial charge in [0.1, 0.15) is 11.6 Å². The Morgan fingerprint density at radius 2 is 1.89 bits per heavy atom. The zero-order valence-electron chi connectivity index (χ0n) is 10.5. The Labute approximate surface area is 105 Å². The SMILES string of the molecule is CC(O)CN(C)CCC(=O)c1cc(F)cc(F)c1. The molecule has 1 aromatic rings. The lowest BCUT2D eigenvalue weighted by atomic mass is 10.1. The number of hydrogen-bond donors (Lipinski definition) is 1. The summed E-state index contributed by atoms with van der Waals surface area (Å²) in [4.78, 5) is 13.5. The van der Waals surface area contributed by atoms with Crippen LogP contribution in [-0.4, -0.2) is 42.0 Å². The van der Waals surface area contributed by atoms with Gasteiger partial charge in [-0.05, 0) is 26.1 Å². The Morgan fingerprint density at radius 1 is 1.33 bits per heavy atom. The molecule has 0 amide bonds. The van der Waals surface area contributed by atoms with Crippen molar-refractivity contribution in [3.05, 3.63) is 35.4 Å². The monoisotopic (exact) mass is 257 g/mol. The van der Waals surface area contributed by atoms with Gasteiger partial charge in [-0.15, -0.1) is 0 Å². The molecule has 0 radical (unpaired) electrons. The van der Waals surface area contributed by atoms with Gasteiger partial charge in [-0.2, -0.15) is 0 Å². The number of Topliss-reactive ketones (excluding diaryl/α,β-unsaturated/α-hetero) is 1. The van der Waals surface area contributed by atoms with Crippen molar-refractivity contribution in [3.8, 4) is 0 Å². The summed E-state index contributed by atoms with van der Waals surface area (Å²) in [7, 11) is 1.77. The van der Waals surface area contributed by atoms with Crippen LogP contribution in [-0.2, 0) is 0 Å². The Bertz CT molecular complexity index is 401.